The van der Waals surface area contributed by atoms with Gasteiger partial charge in [-0.1, -0.05) is 0 Å². The van der Waals surface area contributed by atoms with Gasteiger partial charge in [0.2, 0.25) is 5.88 Å². The zero-order valence-electron chi connectivity index (χ0n) is 16.0. The van der Waals surface area contributed by atoms with Gasteiger partial charge in [-0.15, -0.1) is 0 Å². The Kier molecular flexibility index (Phi) is 6.64. The predicted octanol–water partition coefficient (Wildman–Crippen LogP) is 2.52. The van der Waals surface area contributed by atoms with Gasteiger partial charge in [0.25, 0.3) is 5.91 Å². The van der Waals surface area contributed by atoms with Crippen LogP contribution in [-0.4, -0.2) is 34.6 Å². The van der Waals surface area contributed by atoms with E-state index in [0.717, 1.165) is 0 Å². The Labute approximate surface area is 167 Å². The molecular weight excluding hydrogens is 377 g/mol. The molecule has 0 saturated heterocycles. The largest absolute Gasteiger partial charge is 0.497 e. The summed E-state index contributed by atoms with van der Waals surface area (Å²) in [6.07, 6.45) is 4.47. The summed E-state index contributed by atoms with van der Waals surface area (Å²) in [5.41, 5.74) is 6.81. The molecule has 0 aliphatic heterocycles. The lowest BCUT2D eigenvalue weighted by molar-refractivity contribution is 0.0926. The Morgan fingerprint density at radius 1 is 1.17 bits per heavy atom. The third-order valence-corrected chi connectivity index (χ3v) is 3.93. The molecule has 0 spiro atoms. The van der Waals surface area contributed by atoms with E-state index in [9.17, 15) is 9.18 Å². The van der Waals surface area contributed by atoms with Crippen LogP contribution in [0.5, 0.6) is 11.6 Å². The van der Waals surface area contributed by atoms with Crippen molar-refractivity contribution in [2.24, 2.45) is 0 Å². The van der Waals surface area contributed by atoms with E-state index >= 15 is 0 Å². The van der Waals surface area contributed by atoms with Crippen molar-refractivity contribution in [3.8, 4) is 22.9 Å². The van der Waals surface area contributed by atoms with Crippen LogP contribution in [-0.2, 0) is 6.54 Å². The lowest BCUT2D eigenvalue weighted by Crippen LogP contribution is -2.37. The number of pyridine rings is 1. The number of hydrogen-bond acceptors (Lipinski definition) is 7. The summed E-state index contributed by atoms with van der Waals surface area (Å²) in [6.45, 7) is 2.47. The average Bonchev–Trinajstić information content (AvgIpc) is 2.76. The van der Waals surface area contributed by atoms with E-state index in [-0.39, 0.29) is 12.2 Å². The molecular formula is C20H20FN5O3. The predicted molar refractivity (Wildman–Crippen MR) is 104 cm³/mol. The first-order valence-corrected chi connectivity index (χ1v) is 8.87. The van der Waals surface area contributed by atoms with Gasteiger partial charge >= 0.3 is 0 Å². The molecule has 9 heteroatoms. The number of carbonyl (C=O) groups excluding carboxylic acids is 1. The molecule has 2 aromatic heterocycles. The minimum Gasteiger partial charge on any atom is -0.497 e. The SMILES string of the molecule is CCOc1ccc(-c2cncc(C(=O)NNCc3cc(OC)ccc3F)n2)cn1. The maximum Gasteiger partial charge on any atom is 0.285 e. The number of amides is 1. The Balaban J connectivity index is 1.63. The number of carbonyl (C=O) groups is 1. The molecule has 0 unspecified atom stereocenters. The Morgan fingerprint density at radius 2 is 2.03 bits per heavy atom. The molecule has 8 nitrogen and oxygen atoms in total. The minimum absolute atomic E-state index is 0.0741. The molecule has 3 rings (SSSR count). The number of hydrazine groups is 1. The standard InChI is InChI=1S/C20H20FN5O3/c1-3-29-19-7-4-13(9-23-19)17-11-22-12-18(25-17)20(27)26-24-10-14-8-15(28-2)5-6-16(14)21/h4-9,11-12,24H,3,10H2,1-2H3,(H,26,27). The third-order valence-electron chi connectivity index (χ3n) is 3.93. The van der Waals surface area contributed by atoms with Crippen LogP contribution in [0, 0.1) is 5.82 Å². The zero-order valence-corrected chi connectivity index (χ0v) is 16.0. The summed E-state index contributed by atoms with van der Waals surface area (Å²) < 4.78 is 24.2. The van der Waals surface area contributed by atoms with Gasteiger partial charge in [0, 0.05) is 29.9 Å². The summed E-state index contributed by atoms with van der Waals surface area (Å²) >= 11 is 0. The summed E-state index contributed by atoms with van der Waals surface area (Å²) in [7, 11) is 1.50. The minimum atomic E-state index is -0.499. The second kappa shape index (κ2) is 9.56. The van der Waals surface area contributed by atoms with Crippen LogP contribution < -0.4 is 20.3 Å². The maximum absolute atomic E-state index is 13.8. The highest BCUT2D eigenvalue weighted by Gasteiger charge is 2.11. The number of halogens is 1. The fourth-order valence-corrected chi connectivity index (χ4v) is 2.48. The molecule has 0 saturated carbocycles. The van der Waals surface area contributed by atoms with E-state index in [0.29, 0.717) is 35.1 Å². The molecule has 2 N–H and O–H groups in total. The van der Waals surface area contributed by atoms with Crippen LogP contribution in [0.3, 0.4) is 0 Å². The molecule has 3 aromatic rings. The van der Waals surface area contributed by atoms with Crippen molar-refractivity contribution in [3.63, 3.8) is 0 Å². The van der Waals surface area contributed by atoms with E-state index < -0.39 is 11.7 Å². The Bertz CT molecular complexity index is 982. The van der Waals surface area contributed by atoms with Crippen LogP contribution >= 0.6 is 0 Å². The van der Waals surface area contributed by atoms with E-state index in [1.807, 2.05) is 6.92 Å². The smallest absolute Gasteiger partial charge is 0.285 e. The Hall–Kier alpha value is -3.59. The number of methoxy groups -OCH3 is 1. The molecule has 1 amide bonds. The number of nitrogens with zero attached hydrogens (tertiary/aromatic N) is 3. The third kappa shape index (κ3) is 5.23. The van der Waals surface area contributed by atoms with Crippen LogP contribution in [0.15, 0.2) is 48.9 Å². The van der Waals surface area contributed by atoms with Crippen molar-refractivity contribution in [2.75, 3.05) is 13.7 Å². The van der Waals surface area contributed by atoms with Crippen LogP contribution in [0.4, 0.5) is 4.39 Å². The summed E-state index contributed by atoms with van der Waals surface area (Å²) in [6, 6.07) is 7.88. The number of benzene rings is 1. The number of ether oxygens (including phenoxy) is 2. The number of aromatic nitrogens is 3. The normalized spacial score (nSPS) is 10.4. The van der Waals surface area contributed by atoms with Crippen molar-refractivity contribution in [1.82, 2.24) is 25.8 Å². The van der Waals surface area contributed by atoms with E-state index in [4.69, 9.17) is 9.47 Å². The molecule has 0 aliphatic carbocycles. The highest BCUT2D eigenvalue weighted by atomic mass is 19.1. The second-order valence-corrected chi connectivity index (χ2v) is 5.87. The van der Waals surface area contributed by atoms with Crippen LogP contribution in [0.25, 0.3) is 11.3 Å². The monoisotopic (exact) mass is 397 g/mol. The fraction of sp³-hybridized carbons (Fsp3) is 0.200. The molecule has 150 valence electrons. The molecule has 2 heterocycles. The molecule has 29 heavy (non-hydrogen) atoms. The maximum atomic E-state index is 13.8. The fourth-order valence-electron chi connectivity index (χ4n) is 2.48. The first kappa shape index (κ1) is 20.2. The number of hydrogen-bond donors (Lipinski definition) is 2. The van der Waals surface area contributed by atoms with Crippen molar-refractivity contribution in [1.29, 1.82) is 0 Å². The first-order chi connectivity index (χ1) is 14.1. The lowest BCUT2D eigenvalue weighted by atomic mass is 10.2. The van der Waals surface area contributed by atoms with Gasteiger partial charge < -0.3 is 9.47 Å². The van der Waals surface area contributed by atoms with Gasteiger partial charge in [0.15, 0.2) is 0 Å². The van der Waals surface area contributed by atoms with Crippen LogP contribution in [0.2, 0.25) is 0 Å². The van der Waals surface area contributed by atoms with Gasteiger partial charge in [0.1, 0.15) is 17.3 Å². The lowest BCUT2D eigenvalue weighted by Gasteiger charge is -2.09. The molecule has 0 atom stereocenters. The van der Waals surface area contributed by atoms with Crippen molar-refractivity contribution in [2.45, 2.75) is 13.5 Å². The summed E-state index contributed by atoms with van der Waals surface area (Å²) in [5, 5.41) is 0. The second-order valence-electron chi connectivity index (χ2n) is 5.87. The highest BCUT2D eigenvalue weighted by Crippen LogP contribution is 2.18. The molecule has 0 bridgehead atoms. The van der Waals surface area contributed by atoms with Gasteiger partial charge in [-0.3, -0.25) is 15.2 Å². The molecule has 0 radical (unpaired) electrons. The quantitative estimate of drug-likeness (QED) is 0.564. The van der Waals surface area contributed by atoms with Crippen molar-refractivity contribution < 1.29 is 18.7 Å². The average molecular weight is 397 g/mol. The Morgan fingerprint density at radius 3 is 2.76 bits per heavy atom. The zero-order chi connectivity index (χ0) is 20.6. The van der Waals surface area contributed by atoms with Gasteiger partial charge in [-0.05, 0) is 31.2 Å². The molecule has 0 fully saturated rings. The van der Waals surface area contributed by atoms with Crippen molar-refractivity contribution in [3.05, 3.63) is 66.0 Å². The van der Waals surface area contributed by atoms with Gasteiger partial charge in [0.05, 0.1) is 31.8 Å². The number of rotatable bonds is 8. The van der Waals surface area contributed by atoms with Gasteiger partial charge in [-0.2, -0.15) is 0 Å². The van der Waals surface area contributed by atoms with E-state index in [2.05, 4.69) is 25.8 Å². The molecule has 1 aromatic carbocycles. The van der Waals surface area contributed by atoms with Crippen LogP contribution in [0.1, 0.15) is 23.0 Å². The van der Waals surface area contributed by atoms with E-state index in [1.54, 1.807) is 24.4 Å². The summed E-state index contributed by atoms with van der Waals surface area (Å²) in [5.74, 6) is 0.128. The van der Waals surface area contributed by atoms with E-state index in [1.165, 1.54) is 31.6 Å². The highest BCUT2D eigenvalue weighted by molar-refractivity contribution is 5.92. The van der Waals surface area contributed by atoms with Gasteiger partial charge in [-0.25, -0.2) is 19.8 Å². The topological polar surface area (TPSA) is 98.3 Å². The first-order valence-electron chi connectivity index (χ1n) is 8.87. The number of nitrogens with one attached hydrogen (secondary N) is 2. The molecule has 0 aliphatic rings. The van der Waals surface area contributed by atoms with Crippen molar-refractivity contribution >= 4 is 5.91 Å². The summed E-state index contributed by atoms with van der Waals surface area (Å²) in [4.78, 5) is 24.9.